The molecule has 3 N–H and O–H groups in total. The van der Waals surface area contributed by atoms with E-state index in [1.807, 2.05) is 61.5 Å². The molecule has 3 amide bonds. The van der Waals surface area contributed by atoms with Crippen molar-refractivity contribution in [3.8, 4) is 0 Å². The maximum atomic E-state index is 12.4. The summed E-state index contributed by atoms with van der Waals surface area (Å²) in [5.41, 5.74) is 3.47. The molecule has 1 unspecified atom stereocenters. The lowest BCUT2D eigenvalue weighted by molar-refractivity contribution is -0.121. The summed E-state index contributed by atoms with van der Waals surface area (Å²) in [6, 6.07) is 17.4. The molecule has 0 radical (unpaired) electrons. The third-order valence-corrected chi connectivity index (χ3v) is 6.25. The molecule has 0 bridgehead atoms. The van der Waals surface area contributed by atoms with Gasteiger partial charge in [0.05, 0.1) is 17.6 Å². The molecule has 4 rings (SSSR count). The summed E-state index contributed by atoms with van der Waals surface area (Å²) >= 11 is 3.41. The Labute approximate surface area is 202 Å². The van der Waals surface area contributed by atoms with E-state index in [9.17, 15) is 9.59 Å². The molecule has 0 saturated carbocycles. The Bertz CT molecular complexity index is 1140. The normalized spacial score (nSPS) is 16.0. The van der Waals surface area contributed by atoms with E-state index in [0.717, 1.165) is 58.4 Å². The zero-order valence-corrected chi connectivity index (χ0v) is 20.2. The fourth-order valence-electron chi connectivity index (χ4n) is 4.13. The molecular formula is C25H28BrN5O2. The van der Waals surface area contributed by atoms with Gasteiger partial charge in [0.1, 0.15) is 0 Å². The number of hydrogen-bond acceptors (Lipinski definition) is 4. The minimum absolute atomic E-state index is 0.0431. The van der Waals surface area contributed by atoms with Gasteiger partial charge in [-0.2, -0.15) is 0 Å². The highest BCUT2D eigenvalue weighted by atomic mass is 79.9. The van der Waals surface area contributed by atoms with Gasteiger partial charge < -0.3 is 16.0 Å². The number of benzene rings is 2. The quantitative estimate of drug-likeness (QED) is 0.451. The Hall–Kier alpha value is -2.97. The summed E-state index contributed by atoms with van der Waals surface area (Å²) in [6.07, 6.45) is 1.30. The van der Waals surface area contributed by atoms with Gasteiger partial charge in [-0.1, -0.05) is 46.3 Å². The number of rotatable bonds is 7. The number of amides is 3. The van der Waals surface area contributed by atoms with E-state index in [2.05, 4.69) is 41.8 Å². The van der Waals surface area contributed by atoms with E-state index in [4.69, 9.17) is 0 Å². The molecule has 172 valence electrons. The van der Waals surface area contributed by atoms with Crippen LogP contribution < -0.4 is 16.0 Å². The number of anilines is 1. The van der Waals surface area contributed by atoms with Gasteiger partial charge in [0.25, 0.3) is 0 Å². The first-order chi connectivity index (χ1) is 16.0. The van der Waals surface area contributed by atoms with Gasteiger partial charge in [-0.05, 0) is 43.2 Å². The standard InChI is InChI=1S/C25H28BrN5O2/c1-17-14-23(21-4-2-3-5-22(21)28-17)30-25(33)27-11-13-31-12-10-20(16-31)29-24(32)15-18-6-8-19(26)9-7-18/h2-9,14,20H,10-13,15-16H2,1H3,(H,29,32)(H2,27,28,30,33). The maximum Gasteiger partial charge on any atom is 0.319 e. The average molecular weight is 510 g/mol. The van der Waals surface area contributed by atoms with Crippen molar-refractivity contribution in [2.45, 2.75) is 25.8 Å². The third kappa shape index (κ3) is 6.52. The number of carbonyl (C=O) groups excluding carboxylic acids is 2. The molecule has 8 heteroatoms. The predicted octanol–water partition coefficient (Wildman–Crippen LogP) is 3.86. The van der Waals surface area contributed by atoms with Gasteiger partial charge in [-0.25, -0.2) is 4.79 Å². The molecule has 0 aliphatic carbocycles. The minimum Gasteiger partial charge on any atom is -0.352 e. The zero-order valence-electron chi connectivity index (χ0n) is 18.6. The third-order valence-electron chi connectivity index (χ3n) is 5.72. The molecule has 0 spiro atoms. The van der Waals surface area contributed by atoms with Crippen molar-refractivity contribution in [2.24, 2.45) is 0 Å². The largest absolute Gasteiger partial charge is 0.352 e. The van der Waals surface area contributed by atoms with Crippen LogP contribution in [-0.4, -0.2) is 54.0 Å². The first kappa shape index (κ1) is 23.2. The number of pyridine rings is 1. The van der Waals surface area contributed by atoms with E-state index in [1.54, 1.807) is 0 Å². The fourth-order valence-corrected chi connectivity index (χ4v) is 4.39. The molecule has 1 fully saturated rings. The molecule has 3 aromatic rings. The van der Waals surface area contributed by atoms with Gasteiger partial charge >= 0.3 is 6.03 Å². The van der Waals surface area contributed by atoms with Crippen LogP contribution in [0.5, 0.6) is 0 Å². The molecule has 1 aliphatic heterocycles. The summed E-state index contributed by atoms with van der Waals surface area (Å²) in [4.78, 5) is 31.5. The monoisotopic (exact) mass is 509 g/mol. The Morgan fingerprint density at radius 3 is 2.76 bits per heavy atom. The second-order valence-corrected chi connectivity index (χ2v) is 9.28. The Morgan fingerprint density at radius 2 is 1.94 bits per heavy atom. The summed E-state index contributed by atoms with van der Waals surface area (Å²) < 4.78 is 1.00. The molecule has 1 saturated heterocycles. The molecule has 1 atom stereocenters. The molecule has 2 aromatic carbocycles. The molecule has 1 aliphatic rings. The number of hydrogen-bond donors (Lipinski definition) is 3. The number of fused-ring (bicyclic) bond motifs is 1. The van der Waals surface area contributed by atoms with Crippen LogP contribution in [0.25, 0.3) is 10.9 Å². The van der Waals surface area contributed by atoms with Crippen LogP contribution in [0.4, 0.5) is 10.5 Å². The second-order valence-electron chi connectivity index (χ2n) is 8.37. The van der Waals surface area contributed by atoms with Crippen LogP contribution in [0.3, 0.4) is 0 Å². The summed E-state index contributed by atoms with van der Waals surface area (Å²) in [6.45, 7) is 4.89. The number of para-hydroxylation sites is 1. The summed E-state index contributed by atoms with van der Waals surface area (Å²) in [5.74, 6) is 0.0431. The Kier molecular flexibility index (Phi) is 7.57. The van der Waals surface area contributed by atoms with Crippen molar-refractivity contribution in [3.05, 3.63) is 70.3 Å². The van der Waals surface area contributed by atoms with Crippen molar-refractivity contribution in [3.63, 3.8) is 0 Å². The lowest BCUT2D eigenvalue weighted by atomic mass is 10.1. The average Bonchev–Trinajstić information content (AvgIpc) is 3.22. The number of urea groups is 1. The van der Waals surface area contributed by atoms with E-state index in [0.29, 0.717) is 13.0 Å². The Morgan fingerprint density at radius 1 is 1.15 bits per heavy atom. The van der Waals surface area contributed by atoms with Crippen molar-refractivity contribution in [1.29, 1.82) is 0 Å². The van der Waals surface area contributed by atoms with E-state index >= 15 is 0 Å². The van der Waals surface area contributed by atoms with Crippen LogP contribution in [-0.2, 0) is 11.2 Å². The molecular weight excluding hydrogens is 482 g/mol. The lowest BCUT2D eigenvalue weighted by Gasteiger charge is -2.17. The number of aromatic nitrogens is 1. The number of likely N-dealkylation sites (tertiary alicyclic amines) is 1. The number of aryl methyl sites for hydroxylation is 1. The van der Waals surface area contributed by atoms with Crippen molar-refractivity contribution in [2.75, 3.05) is 31.5 Å². The van der Waals surface area contributed by atoms with Gasteiger partial charge in [-0.15, -0.1) is 0 Å². The maximum absolute atomic E-state index is 12.4. The van der Waals surface area contributed by atoms with Crippen LogP contribution >= 0.6 is 15.9 Å². The zero-order chi connectivity index (χ0) is 23.2. The van der Waals surface area contributed by atoms with E-state index < -0.39 is 0 Å². The van der Waals surface area contributed by atoms with Gasteiger partial charge in [0.2, 0.25) is 5.91 Å². The Balaban J connectivity index is 1.19. The molecule has 2 heterocycles. The SMILES string of the molecule is Cc1cc(NC(=O)NCCN2CCC(NC(=O)Cc3ccc(Br)cc3)C2)c2ccccc2n1. The van der Waals surface area contributed by atoms with E-state index in [-0.39, 0.29) is 18.0 Å². The van der Waals surface area contributed by atoms with Crippen molar-refractivity contribution >= 4 is 44.5 Å². The number of nitrogens with zero attached hydrogens (tertiary/aromatic N) is 2. The highest BCUT2D eigenvalue weighted by molar-refractivity contribution is 9.10. The highest BCUT2D eigenvalue weighted by Gasteiger charge is 2.23. The fraction of sp³-hybridized carbons (Fsp3) is 0.320. The van der Waals surface area contributed by atoms with E-state index in [1.165, 1.54) is 0 Å². The van der Waals surface area contributed by atoms with Crippen molar-refractivity contribution in [1.82, 2.24) is 20.5 Å². The smallest absolute Gasteiger partial charge is 0.319 e. The van der Waals surface area contributed by atoms with Crippen LogP contribution in [0.1, 0.15) is 17.7 Å². The number of halogens is 1. The molecule has 1 aromatic heterocycles. The minimum atomic E-state index is -0.232. The first-order valence-electron chi connectivity index (χ1n) is 11.1. The van der Waals surface area contributed by atoms with Crippen LogP contribution in [0.2, 0.25) is 0 Å². The molecule has 33 heavy (non-hydrogen) atoms. The van der Waals surface area contributed by atoms with Gasteiger partial charge in [0.15, 0.2) is 0 Å². The van der Waals surface area contributed by atoms with Crippen molar-refractivity contribution < 1.29 is 9.59 Å². The predicted molar refractivity (Wildman–Crippen MR) is 134 cm³/mol. The second kappa shape index (κ2) is 10.8. The summed E-state index contributed by atoms with van der Waals surface area (Å²) in [7, 11) is 0. The molecule has 7 nitrogen and oxygen atoms in total. The topological polar surface area (TPSA) is 86.4 Å². The van der Waals surface area contributed by atoms with Crippen LogP contribution in [0.15, 0.2) is 59.1 Å². The van der Waals surface area contributed by atoms with Gasteiger partial charge in [0, 0.05) is 47.8 Å². The number of carbonyl (C=O) groups is 2. The summed E-state index contributed by atoms with van der Waals surface area (Å²) in [5, 5.41) is 9.92. The first-order valence-corrected chi connectivity index (χ1v) is 11.9. The van der Waals surface area contributed by atoms with Crippen LogP contribution in [0, 0.1) is 6.92 Å². The highest BCUT2D eigenvalue weighted by Crippen LogP contribution is 2.22. The van der Waals surface area contributed by atoms with Gasteiger partial charge in [-0.3, -0.25) is 14.7 Å². The lowest BCUT2D eigenvalue weighted by Crippen LogP contribution is -2.40. The number of nitrogens with one attached hydrogen (secondary N) is 3.